The largest absolute Gasteiger partial charge is 0.462 e. The van der Waals surface area contributed by atoms with Crippen molar-refractivity contribution in [3.63, 3.8) is 0 Å². The molecule has 0 spiro atoms. The lowest BCUT2D eigenvalue weighted by Gasteiger charge is -2.57. The minimum absolute atomic E-state index is 0.0516. The summed E-state index contributed by atoms with van der Waals surface area (Å²) in [6, 6.07) is 0. The molecule has 0 aromatic carbocycles. The van der Waals surface area contributed by atoms with Crippen LogP contribution in [-0.2, 0) is 14.3 Å². The van der Waals surface area contributed by atoms with E-state index in [4.69, 9.17) is 4.74 Å². The molecular formula is C47H82O5. The molecule has 0 aromatic heterocycles. The molecule has 11 atom stereocenters. The molecule has 2 unspecified atom stereocenters. The van der Waals surface area contributed by atoms with Gasteiger partial charge in [0.25, 0.3) is 0 Å². The molecule has 4 aliphatic rings. The summed E-state index contributed by atoms with van der Waals surface area (Å²) in [6.45, 7) is 16.8. The predicted molar refractivity (Wildman–Crippen MR) is 215 cm³/mol. The van der Waals surface area contributed by atoms with Crippen LogP contribution in [0.3, 0.4) is 0 Å². The van der Waals surface area contributed by atoms with Crippen LogP contribution in [0.4, 0.5) is 0 Å². The maximum atomic E-state index is 14.0. The number of fused-ring (bicyclic) bond motifs is 5. The van der Waals surface area contributed by atoms with E-state index in [0.717, 1.165) is 94.3 Å². The summed E-state index contributed by atoms with van der Waals surface area (Å²) >= 11 is 0. The highest BCUT2D eigenvalue weighted by Crippen LogP contribution is 2.66. The fraction of sp³-hybridized carbons (Fsp3) is 0.915. The van der Waals surface area contributed by atoms with Crippen molar-refractivity contribution in [2.75, 3.05) is 0 Å². The Hall–Kier alpha value is -1.20. The number of unbranched alkanes of at least 4 members (excludes halogenated alkanes) is 9. The first-order valence-electron chi connectivity index (χ1n) is 22.7. The first-order chi connectivity index (χ1) is 24.8. The first-order valence-corrected chi connectivity index (χ1v) is 22.7. The number of aliphatic hydroxyl groups excluding tert-OH is 2. The van der Waals surface area contributed by atoms with E-state index in [-0.39, 0.29) is 28.8 Å². The fourth-order valence-electron chi connectivity index (χ4n) is 12.0. The number of aliphatic hydroxyl groups is 2. The third kappa shape index (κ3) is 11.0. The van der Waals surface area contributed by atoms with Crippen LogP contribution in [0, 0.1) is 52.3 Å². The van der Waals surface area contributed by atoms with Gasteiger partial charge < -0.3 is 14.9 Å². The molecule has 0 bridgehead atoms. The Labute approximate surface area is 320 Å². The molecule has 5 heteroatoms. The number of carbonyl (C=O) groups is 2. The molecule has 0 radical (unpaired) electrons. The molecule has 0 saturated heterocycles. The lowest BCUT2D eigenvalue weighted by molar-refractivity contribution is -0.152. The van der Waals surface area contributed by atoms with E-state index >= 15 is 0 Å². The van der Waals surface area contributed by atoms with Crippen molar-refractivity contribution in [2.24, 2.45) is 52.3 Å². The molecule has 300 valence electrons. The number of ketones is 1. The van der Waals surface area contributed by atoms with Gasteiger partial charge in [0.15, 0.2) is 5.78 Å². The number of hydrogen-bond donors (Lipinski definition) is 2. The first kappa shape index (κ1) is 43.5. The molecule has 0 amide bonds. The quantitative estimate of drug-likeness (QED) is 0.0809. The number of carbonyl (C=O) groups excluding carboxylic acids is 2. The zero-order valence-electron chi connectivity index (χ0n) is 34.9. The Bertz CT molecular complexity index is 1130. The highest BCUT2D eigenvalue weighted by atomic mass is 16.5. The molecule has 4 aliphatic carbocycles. The number of allylic oxidation sites excluding steroid dienone is 1. The number of esters is 1. The smallest absolute Gasteiger partial charge is 0.306 e. The summed E-state index contributed by atoms with van der Waals surface area (Å²) in [6.07, 6.45) is 25.9. The molecule has 0 aliphatic heterocycles. The monoisotopic (exact) mass is 727 g/mol. The molecule has 4 rings (SSSR count). The van der Waals surface area contributed by atoms with Gasteiger partial charge in [-0.1, -0.05) is 131 Å². The van der Waals surface area contributed by atoms with Crippen LogP contribution >= 0.6 is 0 Å². The van der Waals surface area contributed by atoms with Crippen molar-refractivity contribution < 1.29 is 24.5 Å². The summed E-state index contributed by atoms with van der Waals surface area (Å²) in [5.41, 5.74) is 1.59. The van der Waals surface area contributed by atoms with E-state index < -0.39 is 12.2 Å². The summed E-state index contributed by atoms with van der Waals surface area (Å²) < 4.78 is 6.04. The second-order valence-electron chi connectivity index (χ2n) is 19.3. The summed E-state index contributed by atoms with van der Waals surface area (Å²) in [5, 5.41) is 20.6. The Morgan fingerprint density at radius 3 is 2.06 bits per heavy atom. The Morgan fingerprint density at radius 2 is 1.42 bits per heavy atom. The number of ether oxygens (including phenoxy) is 1. The average Bonchev–Trinajstić information content (AvgIpc) is 3.47. The van der Waals surface area contributed by atoms with Gasteiger partial charge in [0.1, 0.15) is 6.10 Å². The molecule has 2 N–H and O–H groups in total. The van der Waals surface area contributed by atoms with Crippen molar-refractivity contribution in [3.05, 3.63) is 11.6 Å². The average molecular weight is 727 g/mol. The van der Waals surface area contributed by atoms with E-state index in [2.05, 4.69) is 48.5 Å². The lowest BCUT2D eigenvalue weighted by atomic mass is 9.46. The van der Waals surface area contributed by atoms with E-state index in [1.165, 1.54) is 69.8 Å². The van der Waals surface area contributed by atoms with Crippen LogP contribution < -0.4 is 0 Å². The van der Waals surface area contributed by atoms with E-state index in [1.54, 1.807) is 0 Å². The van der Waals surface area contributed by atoms with Crippen molar-refractivity contribution >= 4 is 11.8 Å². The minimum atomic E-state index is -0.622. The summed E-state index contributed by atoms with van der Waals surface area (Å²) in [5.74, 6) is 4.42. The molecule has 0 aromatic rings. The molecule has 3 fully saturated rings. The van der Waals surface area contributed by atoms with Crippen LogP contribution in [0.25, 0.3) is 0 Å². The van der Waals surface area contributed by atoms with E-state index in [9.17, 15) is 19.8 Å². The highest BCUT2D eigenvalue weighted by molar-refractivity contribution is 5.94. The SMILES string of the molecule is CCCCCCCCC(O)C(O)CCCCCCCC(=O)O[C@H]1CC[C@@]2(C)C(=CC(=O)[C@H]3[C@@H]4CC[C@H]([C@H](C)CC[C@@H](CC)C(C)C)[C@@]4(C)CC[C@@H]32)C1. The molecule has 52 heavy (non-hydrogen) atoms. The van der Waals surface area contributed by atoms with Crippen molar-refractivity contribution in [1.29, 1.82) is 0 Å². The van der Waals surface area contributed by atoms with Gasteiger partial charge in [-0.05, 0) is 117 Å². The summed E-state index contributed by atoms with van der Waals surface area (Å²) in [7, 11) is 0. The third-order valence-corrected chi connectivity index (χ3v) is 15.6. The van der Waals surface area contributed by atoms with Gasteiger partial charge in [-0.3, -0.25) is 9.59 Å². The highest BCUT2D eigenvalue weighted by Gasteiger charge is 2.61. The molecule has 5 nitrogen and oxygen atoms in total. The Kier molecular flexibility index (Phi) is 17.3. The fourth-order valence-corrected chi connectivity index (χ4v) is 12.0. The van der Waals surface area contributed by atoms with Gasteiger partial charge in [-0.25, -0.2) is 0 Å². The minimum Gasteiger partial charge on any atom is -0.462 e. The van der Waals surface area contributed by atoms with Crippen molar-refractivity contribution in [3.8, 4) is 0 Å². The zero-order chi connectivity index (χ0) is 37.9. The van der Waals surface area contributed by atoms with Gasteiger partial charge in [0.2, 0.25) is 0 Å². The standard InChI is InChI=1S/C47H82O5/c1-8-10-11-12-14-17-20-41(48)42(49)21-18-15-13-16-19-22-44(51)52-37-27-29-46(6)36(31-37)32-43(50)45-39-26-25-38(47(39,7)30-28-40(45)46)34(5)23-24-35(9-2)33(3)4/h32-35,37-42,45,48-49H,8-31H2,1-7H3/t34-,35-,37+,38-,39+,40+,41?,42?,45+,46+,47-/m1/s1. The topological polar surface area (TPSA) is 83.8 Å². The van der Waals surface area contributed by atoms with Crippen LogP contribution in [0.5, 0.6) is 0 Å². The van der Waals surface area contributed by atoms with Crippen LogP contribution in [-0.4, -0.2) is 40.3 Å². The molecule has 3 saturated carbocycles. The van der Waals surface area contributed by atoms with Crippen LogP contribution in [0.1, 0.15) is 203 Å². The predicted octanol–water partition coefficient (Wildman–Crippen LogP) is 12.0. The van der Waals surface area contributed by atoms with Crippen molar-refractivity contribution in [1.82, 2.24) is 0 Å². The van der Waals surface area contributed by atoms with E-state index in [1.807, 2.05) is 6.08 Å². The second kappa shape index (κ2) is 20.6. The van der Waals surface area contributed by atoms with Crippen molar-refractivity contribution in [2.45, 2.75) is 221 Å². The van der Waals surface area contributed by atoms with Gasteiger partial charge in [-0.2, -0.15) is 0 Å². The van der Waals surface area contributed by atoms with Gasteiger partial charge in [-0.15, -0.1) is 0 Å². The number of rotatable bonds is 23. The van der Waals surface area contributed by atoms with Crippen LogP contribution in [0.2, 0.25) is 0 Å². The van der Waals surface area contributed by atoms with Gasteiger partial charge >= 0.3 is 5.97 Å². The Morgan fingerprint density at radius 1 is 0.788 bits per heavy atom. The molecule has 0 heterocycles. The van der Waals surface area contributed by atoms with Crippen LogP contribution in [0.15, 0.2) is 11.6 Å². The van der Waals surface area contributed by atoms with Gasteiger partial charge in [0.05, 0.1) is 12.2 Å². The Balaban J connectivity index is 1.17. The van der Waals surface area contributed by atoms with E-state index in [0.29, 0.717) is 36.9 Å². The summed E-state index contributed by atoms with van der Waals surface area (Å²) in [4.78, 5) is 26.9. The lowest BCUT2D eigenvalue weighted by Crippen LogP contribution is -2.53. The normalized spacial score (nSPS) is 32.4. The number of hydrogen-bond acceptors (Lipinski definition) is 5. The zero-order valence-corrected chi connectivity index (χ0v) is 34.9. The maximum Gasteiger partial charge on any atom is 0.306 e. The van der Waals surface area contributed by atoms with Gasteiger partial charge in [0, 0.05) is 18.8 Å². The third-order valence-electron chi connectivity index (χ3n) is 15.6. The maximum absolute atomic E-state index is 14.0. The molecular weight excluding hydrogens is 645 g/mol. The second-order valence-corrected chi connectivity index (χ2v) is 19.3.